The van der Waals surface area contributed by atoms with Gasteiger partial charge in [-0.2, -0.15) is 0 Å². The molecule has 194 valence electrons. The number of rotatable bonds is 25. The summed E-state index contributed by atoms with van der Waals surface area (Å²) in [6.07, 6.45) is 27.3. The summed E-state index contributed by atoms with van der Waals surface area (Å²) < 4.78 is 16.6. The predicted octanol–water partition coefficient (Wildman–Crippen LogP) is 9.72. The van der Waals surface area contributed by atoms with Crippen LogP contribution in [0.15, 0.2) is 0 Å². The summed E-state index contributed by atoms with van der Waals surface area (Å²) in [4.78, 5) is 18.6. The van der Waals surface area contributed by atoms with E-state index in [0.29, 0.717) is 0 Å². The van der Waals surface area contributed by atoms with E-state index in [1.807, 2.05) is 0 Å². The molecular formula is C27H57O4P. The molecule has 0 aliphatic carbocycles. The molecule has 0 radical (unpaired) electrons. The lowest BCUT2D eigenvalue weighted by molar-refractivity contribution is 0.0809. The van der Waals surface area contributed by atoms with Crippen molar-refractivity contribution in [2.45, 2.75) is 168 Å². The molecule has 5 heteroatoms. The van der Waals surface area contributed by atoms with Crippen LogP contribution in [0.4, 0.5) is 0 Å². The maximum absolute atomic E-state index is 11.4. The lowest BCUT2D eigenvalue weighted by atomic mass is 9.93. The largest absolute Gasteiger partial charge is 0.469 e. The molecule has 0 fully saturated rings. The first-order valence-electron chi connectivity index (χ1n) is 14.1. The summed E-state index contributed by atoms with van der Waals surface area (Å²) in [5.74, 6) is 0.204. The number of phosphoric acid groups is 1. The van der Waals surface area contributed by atoms with E-state index in [0.717, 1.165) is 32.1 Å². The zero-order valence-electron chi connectivity index (χ0n) is 21.9. The number of hydrogen-bond donors (Lipinski definition) is 2. The van der Waals surface area contributed by atoms with Gasteiger partial charge in [0, 0.05) is 0 Å². The first kappa shape index (κ1) is 32.1. The van der Waals surface area contributed by atoms with Crippen LogP contribution in [0.3, 0.4) is 0 Å². The number of hydrogen-bond acceptors (Lipinski definition) is 2. The van der Waals surface area contributed by atoms with E-state index in [-0.39, 0.29) is 12.0 Å². The van der Waals surface area contributed by atoms with Gasteiger partial charge in [0.2, 0.25) is 0 Å². The molecule has 0 aromatic carbocycles. The summed E-state index contributed by atoms with van der Waals surface area (Å²) in [5, 5.41) is 0. The van der Waals surface area contributed by atoms with Crippen LogP contribution in [0, 0.1) is 5.92 Å². The van der Waals surface area contributed by atoms with Crippen LogP contribution in [0.1, 0.15) is 162 Å². The Labute approximate surface area is 200 Å². The van der Waals surface area contributed by atoms with Crippen LogP contribution < -0.4 is 0 Å². The van der Waals surface area contributed by atoms with Crippen LogP contribution in [0.5, 0.6) is 0 Å². The Morgan fingerprint density at radius 2 is 0.875 bits per heavy atom. The molecule has 0 amide bonds. The van der Waals surface area contributed by atoms with Crippen molar-refractivity contribution in [3.8, 4) is 0 Å². The molecule has 0 aliphatic heterocycles. The minimum absolute atomic E-state index is 0.204. The molecule has 4 nitrogen and oxygen atoms in total. The molecule has 0 aliphatic rings. The van der Waals surface area contributed by atoms with Crippen LogP contribution in [-0.4, -0.2) is 15.9 Å². The highest BCUT2D eigenvalue weighted by Gasteiger charge is 2.26. The second-order valence-corrected chi connectivity index (χ2v) is 11.2. The molecule has 0 rings (SSSR count). The smallest absolute Gasteiger partial charge is 0.303 e. The van der Waals surface area contributed by atoms with Gasteiger partial charge in [0.25, 0.3) is 0 Å². The molecular weight excluding hydrogens is 419 g/mol. The third-order valence-corrected chi connectivity index (χ3v) is 7.31. The minimum atomic E-state index is -4.42. The molecule has 2 N–H and O–H groups in total. The van der Waals surface area contributed by atoms with Gasteiger partial charge in [0.1, 0.15) is 0 Å². The van der Waals surface area contributed by atoms with Crippen LogP contribution in [0.2, 0.25) is 0 Å². The van der Waals surface area contributed by atoms with Gasteiger partial charge in [0.05, 0.1) is 6.10 Å². The predicted molar refractivity (Wildman–Crippen MR) is 139 cm³/mol. The molecule has 32 heavy (non-hydrogen) atoms. The highest BCUT2D eigenvalue weighted by molar-refractivity contribution is 7.46. The molecule has 0 spiro atoms. The number of unbranched alkanes of at least 4 members (excludes halogenated alkanes) is 18. The van der Waals surface area contributed by atoms with Gasteiger partial charge < -0.3 is 9.79 Å². The monoisotopic (exact) mass is 476 g/mol. The summed E-state index contributed by atoms with van der Waals surface area (Å²) in [7, 11) is -4.42. The summed E-state index contributed by atoms with van der Waals surface area (Å²) in [5.41, 5.74) is 0. The summed E-state index contributed by atoms with van der Waals surface area (Å²) in [6.45, 7) is 6.60. The van der Waals surface area contributed by atoms with Gasteiger partial charge in [-0.3, -0.25) is 4.52 Å². The second-order valence-electron chi connectivity index (χ2n) is 10.1. The summed E-state index contributed by atoms with van der Waals surface area (Å²) in [6, 6.07) is 0. The van der Waals surface area contributed by atoms with E-state index in [9.17, 15) is 14.4 Å². The highest BCUT2D eigenvalue weighted by Crippen LogP contribution is 2.41. The van der Waals surface area contributed by atoms with Gasteiger partial charge in [-0.1, -0.05) is 149 Å². The van der Waals surface area contributed by atoms with Crippen molar-refractivity contribution >= 4 is 7.82 Å². The fourth-order valence-electron chi connectivity index (χ4n) is 4.59. The minimum Gasteiger partial charge on any atom is -0.303 e. The van der Waals surface area contributed by atoms with Crippen molar-refractivity contribution in [1.29, 1.82) is 0 Å². The van der Waals surface area contributed by atoms with E-state index >= 15 is 0 Å². The number of phosphoric ester groups is 1. The van der Waals surface area contributed by atoms with Crippen molar-refractivity contribution in [1.82, 2.24) is 0 Å². The van der Waals surface area contributed by atoms with Crippen molar-refractivity contribution < 1.29 is 18.9 Å². The lowest BCUT2D eigenvalue weighted by Gasteiger charge is -2.24. The lowest BCUT2D eigenvalue weighted by Crippen LogP contribution is -2.21. The van der Waals surface area contributed by atoms with Gasteiger partial charge >= 0.3 is 7.82 Å². The third kappa shape index (κ3) is 23.3. The Kier molecular flexibility index (Phi) is 23.0. The SMILES string of the molecule is CCCCCCCCCCCCCCCC(OP(=O)(O)O)C(C)CCCCCCCCC. The van der Waals surface area contributed by atoms with Crippen molar-refractivity contribution in [3.05, 3.63) is 0 Å². The first-order chi connectivity index (χ1) is 15.4. The van der Waals surface area contributed by atoms with Crippen LogP contribution in [0.25, 0.3) is 0 Å². The quantitative estimate of drug-likeness (QED) is 0.102. The molecule has 0 heterocycles. The van der Waals surface area contributed by atoms with E-state index in [2.05, 4.69) is 20.8 Å². The Hall–Kier alpha value is 0.110. The second kappa shape index (κ2) is 22.9. The Morgan fingerprint density at radius 3 is 1.22 bits per heavy atom. The average Bonchev–Trinajstić information content (AvgIpc) is 2.74. The van der Waals surface area contributed by atoms with E-state index in [1.165, 1.54) is 109 Å². The fourth-order valence-corrected chi connectivity index (χ4v) is 5.26. The zero-order valence-corrected chi connectivity index (χ0v) is 22.8. The third-order valence-electron chi connectivity index (χ3n) is 6.76. The topological polar surface area (TPSA) is 66.8 Å². The molecule has 0 aromatic heterocycles. The Morgan fingerprint density at radius 1 is 0.562 bits per heavy atom. The van der Waals surface area contributed by atoms with Gasteiger partial charge in [-0.15, -0.1) is 0 Å². The normalized spacial score (nSPS) is 14.0. The molecule has 0 aromatic rings. The van der Waals surface area contributed by atoms with Crippen molar-refractivity contribution in [2.75, 3.05) is 0 Å². The molecule has 0 bridgehead atoms. The van der Waals surface area contributed by atoms with Gasteiger partial charge in [0.15, 0.2) is 0 Å². The van der Waals surface area contributed by atoms with E-state index in [1.54, 1.807) is 0 Å². The van der Waals surface area contributed by atoms with Gasteiger partial charge in [-0.05, 0) is 18.8 Å². The van der Waals surface area contributed by atoms with Crippen LogP contribution in [-0.2, 0) is 9.09 Å². The van der Waals surface area contributed by atoms with Crippen LogP contribution >= 0.6 is 7.82 Å². The fraction of sp³-hybridized carbons (Fsp3) is 1.00. The average molecular weight is 477 g/mol. The van der Waals surface area contributed by atoms with Crippen molar-refractivity contribution in [2.24, 2.45) is 5.92 Å². The Balaban J connectivity index is 3.83. The van der Waals surface area contributed by atoms with Crippen molar-refractivity contribution in [3.63, 3.8) is 0 Å². The summed E-state index contributed by atoms with van der Waals surface area (Å²) >= 11 is 0. The molecule has 0 saturated carbocycles. The zero-order chi connectivity index (χ0) is 23.9. The van der Waals surface area contributed by atoms with E-state index < -0.39 is 7.82 Å². The maximum Gasteiger partial charge on any atom is 0.469 e. The molecule has 2 atom stereocenters. The highest BCUT2D eigenvalue weighted by atomic mass is 31.2. The maximum atomic E-state index is 11.4. The Bertz CT molecular complexity index is 424. The van der Waals surface area contributed by atoms with E-state index in [4.69, 9.17) is 4.52 Å². The molecule has 2 unspecified atom stereocenters. The van der Waals surface area contributed by atoms with Gasteiger partial charge in [-0.25, -0.2) is 4.57 Å². The standard InChI is InChI=1S/C27H57O4P/c1-4-6-8-10-12-13-14-15-16-17-19-21-23-25-27(31-32(28,29)30)26(3)24-22-20-18-11-9-7-5-2/h26-27H,4-25H2,1-3H3,(H2,28,29,30). The molecule has 0 saturated heterocycles. The first-order valence-corrected chi connectivity index (χ1v) is 15.7.